The number of morpholine rings is 2. The molecule has 0 bridgehead atoms. The van der Waals surface area contributed by atoms with Crippen LogP contribution in [0.25, 0.3) is 0 Å². The van der Waals surface area contributed by atoms with Gasteiger partial charge >= 0.3 is 0 Å². The molecule has 0 amide bonds. The molecule has 0 saturated carbocycles. The molecule has 2 aliphatic heterocycles. The monoisotopic (exact) mass is 573 g/mol. The first-order valence-corrected chi connectivity index (χ1v) is 13.3. The largest absolute Gasteiger partial charge is 0.493 e. The van der Waals surface area contributed by atoms with Gasteiger partial charge < -0.3 is 28.7 Å². The number of hydrogen-bond acceptors (Lipinski definition) is 11. The molecule has 3 heterocycles. The van der Waals surface area contributed by atoms with Crippen molar-refractivity contribution in [2.24, 2.45) is 5.10 Å². The van der Waals surface area contributed by atoms with Crippen molar-refractivity contribution in [3.63, 3.8) is 0 Å². The SMILES string of the molecule is COc1ccc(C=NNc2nc(N3CCOCC3)nc(N3CCOCC3)n2)cc1OCc1ccc(Cl)cc1Cl. The molecular formula is C26H29Cl2N7O4. The van der Waals surface area contributed by atoms with Crippen LogP contribution in [0.4, 0.5) is 17.8 Å². The number of aromatic nitrogens is 3. The van der Waals surface area contributed by atoms with Crippen LogP contribution in [0.15, 0.2) is 41.5 Å². The molecule has 0 aliphatic carbocycles. The summed E-state index contributed by atoms with van der Waals surface area (Å²) in [5, 5.41) is 5.48. The highest BCUT2D eigenvalue weighted by Crippen LogP contribution is 2.30. The van der Waals surface area contributed by atoms with Crippen LogP contribution in [0.2, 0.25) is 10.0 Å². The Hall–Kier alpha value is -3.38. The highest BCUT2D eigenvalue weighted by atomic mass is 35.5. The van der Waals surface area contributed by atoms with Crippen molar-refractivity contribution in [1.29, 1.82) is 0 Å². The molecule has 2 saturated heterocycles. The van der Waals surface area contributed by atoms with Crippen LogP contribution < -0.4 is 24.7 Å². The van der Waals surface area contributed by atoms with Crippen LogP contribution in [0, 0.1) is 0 Å². The second-order valence-corrected chi connectivity index (χ2v) is 9.61. The Morgan fingerprint density at radius 1 is 0.897 bits per heavy atom. The van der Waals surface area contributed by atoms with Gasteiger partial charge in [0.05, 0.1) is 39.8 Å². The zero-order valence-corrected chi connectivity index (χ0v) is 23.0. The third kappa shape index (κ3) is 7.18. The summed E-state index contributed by atoms with van der Waals surface area (Å²) in [7, 11) is 1.59. The van der Waals surface area contributed by atoms with Crippen LogP contribution >= 0.6 is 23.2 Å². The first-order chi connectivity index (χ1) is 19.1. The minimum absolute atomic E-state index is 0.255. The number of halogens is 2. The fraction of sp³-hybridized carbons (Fsp3) is 0.385. The van der Waals surface area contributed by atoms with Gasteiger partial charge in [-0.3, -0.25) is 0 Å². The lowest BCUT2D eigenvalue weighted by atomic mass is 10.2. The van der Waals surface area contributed by atoms with Crippen LogP contribution in [0.1, 0.15) is 11.1 Å². The van der Waals surface area contributed by atoms with E-state index in [4.69, 9.17) is 47.1 Å². The molecule has 0 spiro atoms. The lowest BCUT2D eigenvalue weighted by Gasteiger charge is -2.30. The van der Waals surface area contributed by atoms with Crippen LogP contribution in [0.3, 0.4) is 0 Å². The quantitative estimate of drug-likeness (QED) is 0.299. The van der Waals surface area contributed by atoms with Gasteiger partial charge in [-0.05, 0) is 35.9 Å². The molecule has 2 fully saturated rings. The molecule has 13 heteroatoms. The van der Waals surface area contributed by atoms with Crippen LogP contribution in [-0.2, 0) is 16.1 Å². The Labute approximate surface area is 236 Å². The number of nitrogens with zero attached hydrogens (tertiary/aromatic N) is 6. The van der Waals surface area contributed by atoms with Crippen molar-refractivity contribution < 1.29 is 18.9 Å². The number of rotatable bonds is 9. The smallest absolute Gasteiger partial charge is 0.250 e. The fourth-order valence-electron chi connectivity index (χ4n) is 4.06. The highest BCUT2D eigenvalue weighted by molar-refractivity contribution is 6.35. The lowest BCUT2D eigenvalue weighted by molar-refractivity contribution is 0.121. The number of benzene rings is 2. The third-order valence-corrected chi connectivity index (χ3v) is 6.75. The molecule has 2 aromatic carbocycles. The lowest BCUT2D eigenvalue weighted by Crippen LogP contribution is -2.40. The molecule has 0 unspecified atom stereocenters. The average Bonchev–Trinajstić information content (AvgIpc) is 2.97. The Kier molecular flexibility index (Phi) is 9.15. The standard InChI is InChI=1S/C26H29Cl2N7O4/c1-36-22-5-2-18(14-23(22)39-17-19-3-4-20(27)15-21(19)28)16-29-33-24-30-25(34-6-10-37-11-7-34)32-26(31-24)35-8-12-38-13-9-35/h2-5,14-16H,6-13,17H2,1H3,(H,30,31,32,33). The van der Waals surface area contributed by atoms with Crippen molar-refractivity contribution in [1.82, 2.24) is 15.0 Å². The summed E-state index contributed by atoms with van der Waals surface area (Å²) in [6.45, 7) is 5.63. The van der Waals surface area contributed by atoms with E-state index in [0.29, 0.717) is 92.0 Å². The summed E-state index contributed by atoms with van der Waals surface area (Å²) in [6, 6.07) is 10.8. The molecule has 39 heavy (non-hydrogen) atoms. The van der Waals surface area contributed by atoms with Crippen molar-refractivity contribution in [3.8, 4) is 11.5 Å². The summed E-state index contributed by atoms with van der Waals surface area (Å²) < 4.78 is 22.4. The fourth-order valence-corrected chi connectivity index (χ4v) is 4.52. The van der Waals surface area contributed by atoms with E-state index in [-0.39, 0.29) is 6.61 Å². The maximum atomic E-state index is 6.29. The van der Waals surface area contributed by atoms with Gasteiger partial charge in [0.25, 0.3) is 0 Å². The Balaban J connectivity index is 1.31. The van der Waals surface area contributed by atoms with Crippen LogP contribution in [-0.4, -0.2) is 80.9 Å². The van der Waals surface area contributed by atoms with E-state index in [1.165, 1.54) is 0 Å². The topological polar surface area (TPSA) is 106 Å². The number of nitrogens with one attached hydrogen (secondary N) is 1. The maximum absolute atomic E-state index is 6.29. The van der Waals surface area contributed by atoms with Gasteiger partial charge in [0.15, 0.2) is 11.5 Å². The molecular weight excluding hydrogens is 545 g/mol. The number of hydrazone groups is 1. The second kappa shape index (κ2) is 13.1. The predicted octanol–water partition coefficient (Wildman–Crippen LogP) is 3.89. The zero-order valence-electron chi connectivity index (χ0n) is 21.5. The van der Waals surface area contributed by atoms with Crippen molar-refractivity contribution in [2.45, 2.75) is 6.61 Å². The first-order valence-electron chi connectivity index (χ1n) is 12.5. The Morgan fingerprint density at radius 2 is 1.56 bits per heavy atom. The van der Waals surface area contributed by atoms with E-state index in [1.54, 1.807) is 25.5 Å². The van der Waals surface area contributed by atoms with E-state index in [1.807, 2.05) is 24.3 Å². The van der Waals surface area contributed by atoms with Crippen molar-refractivity contribution in [2.75, 3.05) is 74.9 Å². The average molecular weight is 574 g/mol. The maximum Gasteiger partial charge on any atom is 0.250 e. The first kappa shape index (κ1) is 27.2. The van der Waals surface area contributed by atoms with Gasteiger partial charge in [-0.15, -0.1) is 0 Å². The van der Waals surface area contributed by atoms with E-state index in [2.05, 4.69) is 30.3 Å². The van der Waals surface area contributed by atoms with Gasteiger partial charge in [-0.25, -0.2) is 5.43 Å². The van der Waals surface area contributed by atoms with Gasteiger partial charge in [0.1, 0.15) is 6.61 Å². The normalized spacial score (nSPS) is 16.0. The summed E-state index contributed by atoms with van der Waals surface area (Å²) in [6.07, 6.45) is 1.66. The molecule has 206 valence electrons. The number of anilines is 3. The minimum atomic E-state index is 0.255. The summed E-state index contributed by atoms with van der Waals surface area (Å²) in [4.78, 5) is 18.1. The van der Waals surface area contributed by atoms with E-state index in [9.17, 15) is 0 Å². The zero-order chi connectivity index (χ0) is 27.0. The number of hydrogen-bond donors (Lipinski definition) is 1. The molecule has 5 rings (SSSR count). The predicted molar refractivity (Wildman–Crippen MR) is 151 cm³/mol. The van der Waals surface area contributed by atoms with Gasteiger partial charge in [0.2, 0.25) is 17.8 Å². The Morgan fingerprint density at radius 3 is 2.18 bits per heavy atom. The highest BCUT2D eigenvalue weighted by Gasteiger charge is 2.20. The number of ether oxygens (including phenoxy) is 4. The third-order valence-electron chi connectivity index (χ3n) is 6.16. The second-order valence-electron chi connectivity index (χ2n) is 8.76. The molecule has 11 nitrogen and oxygen atoms in total. The molecule has 0 radical (unpaired) electrons. The Bertz CT molecular complexity index is 1270. The summed E-state index contributed by atoms with van der Waals surface area (Å²) >= 11 is 12.3. The molecule has 3 aromatic rings. The van der Waals surface area contributed by atoms with Crippen molar-refractivity contribution in [3.05, 3.63) is 57.6 Å². The van der Waals surface area contributed by atoms with Crippen molar-refractivity contribution >= 4 is 47.3 Å². The van der Waals surface area contributed by atoms with Crippen LogP contribution in [0.5, 0.6) is 11.5 Å². The van der Waals surface area contributed by atoms with Gasteiger partial charge in [-0.2, -0.15) is 20.1 Å². The van der Waals surface area contributed by atoms with E-state index in [0.717, 1.165) is 11.1 Å². The minimum Gasteiger partial charge on any atom is -0.493 e. The van der Waals surface area contributed by atoms with E-state index >= 15 is 0 Å². The van der Waals surface area contributed by atoms with Gasteiger partial charge in [-0.1, -0.05) is 29.3 Å². The molecule has 2 aliphatic rings. The molecule has 0 atom stereocenters. The molecule has 1 aromatic heterocycles. The summed E-state index contributed by atoms with van der Waals surface area (Å²) in [5.74, 6) is 2.68. The van der Waals surface area contributed by atoms with E-state index < -0.39 is 0 Å². The summed E-state index contributed by atoms with van der Waals surface area (Å²) in [5.41, 5.74) is 4.56. The molecule has 1 N–H and O–H groups in total. The number of methoxy groups -OCH3 is 1. The van der Waals surface area contributed by atoms with Gasteiger partial charge in [0, 0.05) is 41.8 Å².